The molecule has 0 spiro atoms. The van der Waals surface area contributed by atoms with Gasteiger partial charge in [0.05, 0.1) is 28.6 Å². The van der Waals surface area contributed by atoms with Gasteiger partial charge in [0, 0.05) is 5.69 Å². The minimum atomic E-state index is 1.13. The lowest BCUT2D eigenvalue weighted by Crippen LogP contribution is -1.83. The van der Waals surface area contributed by atoms with Crippen molar-refractivity contribution in [2.45, 2.75) is 20.8 Å². The second-order valence-corrected chi connectivity index (χ2v) is 3.07. The van der Waals surface area contributed by atoms with Crippen LogP contribution in [0.15, 0.2) is 0 Å². The van der Waals surface area contributed by atoms with E-state index in [-0.39, 0.29) is 0 Å². The highest BCUT2D eigenvalue weighted by atomic mass is 127. The van der Waals surface area contributed by atoms with Gasteiger partial charge in [-0.1, -0.05) is 0 Å². The highest BCUT2D eigenvalue weighted by Gasteiger charge is 2.02. The molecule has 0 fully saturated rings. The van der Waals surface area contributed by atoms with Gasteiger partial charge in [0.1, 0.15) is 0 Å². The van der Waals surface area contributed by atoms with E-state index in [0.29, 0.717) is 0 Å². The third-order valence-corrected chi connectivity index (χ3v) is 2.54. The fourth-order valence-corrected chi connectivity index (χ4v) is 1.37. The number of hydrogen-bond acceptors (Lipinski definition) is 1. The SMILES string of the molecule is Cc1nn(I)c(C)c1C. The lowest BCUT2D eigenvalue weighted by molar-refractivity contribution is 0.986. The molecule has 3 heteroatoms. The van der Waals surface area contributed by atoms with Crippen molar-refractivity contribution in [2.75, 3.05) is 0 Å². The van der Waals surface area contributed by atoms with Crippen molar-refractivity contribution >= 4 is 22.9 Å². The molecule has 1 heterocycles. The Morgan fingerprint density at radius 3 is 2.00 bits per heavy atom. The van der Waals surface area contributed by atoms with Crippen molar-refractivity contribution in [1.82, 2.24) is 7.99 Å². The van der Waals surface area contributed by atoms with E-state index in [4.69, 9.17) is 0 Å². The molecule has 0 amide bonds. The summed E-state index contributed by atoms with van der Waals surface area (Å²) < 4.78 is 1.88. The van der Waals surface area contributed by atoms with Crippen LogP contribution in [0, 0.1) is 20.8 Å². The van der Waals surface area contributed by atoms with E-state index in [1.807, 2.05) is 9.82 Å². The topological polar surface area (TPSA) is 17.8 Å². The molecule has 0 aromatic carbocycles. The summed E-state index contributed by atoms with van der Waals surface area (Å²) in [5.41, 5.74) is 3.67. The van der Waals surface area contributed by atoms with Crippen LogP contribution >= 0.6 is 22.9 Å². The molecule has 9 heavy (non-hydrogen) atoms. The first-order valence-electron chi connectivity index (χ1n) is 2.82. The van der Waals surface area contributed by atoms with Crippen molar-refractivity contribution in [3.8, 4) is 0 Å². The summed E-state index contributed by atoms with van der Waals surface area (Å²) in [4.78, 5) is 0. The molecular weight excluding hydrogens is 227 g/mol. The molecule has 0 saturated carbocycles. The molecule has 0 aliphatic heterocycles. The van der Waals surface area contributed by atoms with Crippen LogP contribution in [0.5, 0.6) is 0 Å². The Bertz CT molecular complexity index is 205. The molecular formula is C6H9IN2. The minimum Gasteiger partial charge on any atom is -0.208 e. The Balaban J connectivity index is 3.29. The number of aryl methyl sites for hydroxylation is 1. The van der Waals surface area contributed by atoms with Crippen LogP contribution in [0.25, 0.3) is 0 Å². The summed E-state index contributed by atoms with van der Waals surface area (Å²) in [6.45, 7) is 6.19. The first-order valence-corrected chi connectivity index (χ1v) is 3.78. The molecule has 0 aliphatic carbocycles. The number of rotatable bonds is 0. The third kappa shape index (κ3) is 1.10. The first-order chi connectivity index (χ1) is 4.13. The van der Waals surface area contributed by atoms with E-state index < -0.39 is 0 Å². The normalized spacial score (nSPS) is 10.2. The van der Waals surface area contributed by atoms with E-state index in [1.54, 1.807) is 0 Å². The van der Waals surface area contributed by atoms with Crippen LogP contribution in [0.2, 0.25) is 0 Å². The summed E-state index contributed by atoms with van der Waals surface area (Å²) in [5, 5.41) is 4.21. The average molecular weight is 236 g/mol. The maximum Gasteiger partial charge on any atom is 0.0846 e. The number of hydrogen-bond donors (Lipinski definition) is 0. The van der Waals surface area contributed by atoms with E-state index in [1.165, 1.54) is 11.3 Å². The van der Waals surface area contributed by atoms with Crippen LogP contribution in [0.4, 0.5) is 0 Å². The van der Waals surface area contributed by atoms with Gasteiger partial charge in [-0.25, -0.2) is 2.90 Å². The summed E-state index contributed by atoms with van der Waals surface area (Å²) >= 11 is 2.18. The zero-order chi connectivity index (χ0) is 7.02. The molecule has 0 radical (unpaired) electrons. The highest BCUT2D eigenvalue weighted by molar-refractivity contribution is 14.1. The van der Waals surface area contributed by atoms with Crippen molar-refractivity contribution in [3.05, 3.63) is 17.0 Å². The molecule has 1 rings (SSSR count). The molecule has 0 N–H and O–H groups in total. The number of halogens is 1. The summed E-state index contributed by atoms with van der Waals surface area (Å²) in [6, 6.07) is 0. The van der Waals surface area contributed by atoms with Gasteiger partial charge in [-0.05, 0) is 26.3 Å². The molecule has 0 unspecified atom stereocenters. The maximum absolute atomic E-state index is 4.21. The first kappa shape index (κ1) is 7.05. The van der Waals surface area contributed by atoms with Crippen LogP contribution < -0.4 is 0 Å². The van der Waals surface area contributed by atoms with Gasteiger partial charge in [-0.3, -0.25) is 0 Å². The summed E-state index contributed by atoms with van der Waals surface area (Å²) in [6.07, 6.45) is 0. The fourth-order valence-electron chi connectivity index (χ4n) is 0.682. The highest BCUT2D eigenvalue weighted by Crippen LogP contribution is 2.12. The van der Waals surface area contributed by atoms with E-state index in [9.17, 15) is 0 Å². The van der Waals surface area contributed by atoms with Crippen LogP contribution in [0.3, 0.4) is 0 Å². The smallest absolute Gasteiger partial charge is 0.0846 e. The van der Waals surface area contributed by atoms with Crippen molar-refractivity contribution in [3.63, 3.8) is 0 Å². The Morgan fingerprint density at radius 2 is 1.89 bits per heavy atom. The zero-order valence-electron chi connectivity index (χ0n) is 5.77. The Morgan fingerprint density at radius 1 is 1.33 bits per heavy atom. The molecule has 0 aliphatic rings. The molecule has 1 aromatic rings. The molecule has 0 bridgehead atoms. The van der Waals surface area contributed by atoms with Gasteiger partial charge in [0.25, 0.3) is 0 Å². The van der Waals surface area contributed by atoms with Crippen LogP contribution in [0.1, 0.15) is 17.0 Å². The van der Waals surface area contributed by atoms with Gasteiger partial charge in [-0.2, -0.15) is 5.10 Å². The second-order valence-electron chi connectivity index (χ2n) is 2.16. The standard InChI is InChI=1S/C6H9IN2/c1-4-5(2)8-9(7)6(4)3/h1-3H3. The average Bonchev–Trinajstić information content (AvgIpc) is 1.98. The van der Waals surface area contributed by atoms with Crippen molar-refractivity contribution < 1.29 is 0 Å². The number of aromatic nitrogens is 2. The maximum atomic E-state index is 4.21. The Labute approximate surface area is 68.8 Å². The van der Waals surface area contributed by atoms with Crippen molar-refractivity contribution in [1.29, 1.82) is 0 Å². The molecule has 2 nitrogen and oxygen atoms in total. The van der Waals surface area contributed by atoms with Gasteiger partial charge < -0.3 is 0 Å². The van der Waals surface area contributed by atoms with Gasteiger partial charge >= 0.3 is 0 Å². The Kier molecular flexibility index (Phi) is 1.79. The van der Waals surface area contributed by atoms with E-state index >= 15 is 0 Å². The van der Waals surface area contributed by atoms with Crippen LogP contribution in [-0.4, -0.2) is 7.99 Å². The lowest BCUT2D eigenvalue weighted by atomic mass is 10.2. The zero-order valence-corrected chi connectivity index (χ0v) is 7.93. The molecule has 0 atom stereocenters. The molecule has 0 saturated heterocycles. The largest absolute Gasteiger partial charge is 0.208 e. The van der Waals surface area contributed by atoms with E-state index in [0.717, 1.165) is 5.69 Å². The minimum absolute atomic E-state index is 1.13. The van der Waals surface area contributed by atoms with Crippen LogP contribution in [-0.2, 0) is 0 Å². The predicted octanol–water partition coefficient (Wildman–Crippen LogP) is 2.01. The summed E-state index contributed by atoms with van der Waals surface area (Å²) in [7, 11) is 0. The monoisotopic (exact) mass is 236 g/mol. The summed E-state index contributed by atoms with van der Waals surface area (Å²) in [5.74, 6) is 0. The lowest BCUT2D eigenvalue weighted by Gasteiger charge is -1.88. The van der Waals surface area contributed by atoms with Gasteiger partial charge in [0.2, 0.25) is 0 Å². The quantitative estimate of drug-likeness (QED) is 0.630. The Hall–Kier alpha value is -0.0600. The van der Waals surface area contributed by atoms with Crippen molar-refractivity contribution in [2.24, 2.45) is 0 Å². The van der Waals surface area contributed by atoms with Gasteiger partial charge in [0.15, 0.2) is 0 Å². The van der Waals surface area contributed by atoms with Gasteiger partial charge in [-0.15, -0.1) is 0 Å². The number of nitrogens with zero attached hydrogens (tertiary/aromatic N) is 2. The predicted molar refractivity (Wildman–Crippen MR) is 45.9 cm³/mol. The fraction of sp³-hybridized carbons (Fsp3) is 0.500. The third-order valence-electron chi connectivity index (χ3n) is 1.60. The molecule has 1 aromatic heterocycles. The molecule has 50 valence electrons. The second kappa shape index (κ2) is 2.28. The van der Waals surface area contributed by atoms with E-state index in [2.05, 4.69) is 41.8 Å².